The zero-order valence-corrected chi connectivity index (χ0v) is 8.64. The van der Waals surface area contributed by atoms with Gasteiger partial charge in [0.2, 0.25) is 0 Å². The Kier molecular flexibility index (Phi) is 3.15. The van der Waals surface area contributed by atoms with Gasteiger partial charge in [-0.25, -0.2) is 0 Å². The minimum atomic E-state index is 0.0913. The number of benzene rings is 2. The first-order valence-electron chi connectivity index (χ1n) is 5.21. The molecule has 0 aromatic heterocycles. The molecule has 0 bridgehead atoms. The highest BCUT2D eigenvalue weighted by Crippen LogP contribution is 2.15. The van der Waals surface area contributed by atoms with Crippen molar-refractivity contribution >= 4 is 0 Å². The molecule has 2 N–H and O–H groups in total. The van der Waals surface area contributed by atoms with E-state index in [0.29, 0.717) is 0 Å². The topological polar surface area (TPSA) is 26.0 Å². The Morgan fingerprint density at radius 3 is 1.93 bits per heavy atom. The van der Waals surface area contributed by atoms with Crippen molar-refractivity contribution in [2.45, 2.75) is 12.5 Å². The molecule has 2 aromatic carbocycles. The Morgan fingerprint density at radius 1 is 0.800 bits per heavy atom. The predicted octanol–water partition coefficient (Wildman–Crippen LogP) is 2.93. The lowest BCUT2D eigenvalue weighted by Crippen LogP contribution is -2.12. The Hall–Kier alpha value is -1.60. The van der Waals surface area contributed by atoms with Gasteiger partial charge in [0, 0.05) is 6.04 Å². The molecule has 0 amide bonds. The van der Waals surface area contributed by atoms with Gasteiger partial charge in [0.25, 0.3) is 0 Å². The summed E-state index contributed by atoms with van der Waals surface area (Å²) in [4.78, 5) is 0. The van der Waals surface area contributed by atoms with Crippen molar-refractivity contribution in [3.05, 3.63) is 71.8 Å². The van der Waals surface area contributed by atoms with Crippen LogP contribution in [0.2, 0.25) is 0 Å². The molecule has 0 aliphatic carbocycles. The Morgan fingerprint density at radius 2 is 1.33 bits per heavy atom. The van der Waals surface area contributed by atoms with E-state index in [2.05, 4.69) is 24.3 Å². The fraction of sp³-hybridized carbons (Fsp3) is 0.143. The third kappa shape index (κ3) is 2.67. The van der Waals surface area contributed by atoms with Gasteiger partial charge in [-0.15, -0.1) is 0 Å². The largest absolute Gasteiger partial charge is 0.324 e. The van der Waals surface area contributed by atoms with Crippen LogP contribution in [-0.2, 0) is 6.42 Å². The summed E-state index contributed by atoms with van der Waals surface area (Å²) >= 11 is 0. The Labute approximate surface area is 90.6 Å². The summed E-state index contributed by atoms with van der Waals surface area (Å²) in [5, 5.41) is 0. The predicted molar refractivity (Wildman–Crippen MR) is 63.5 cm³/mol. The van der Waals surface area contributed by atoms with E-state index in [1.807, 2.05) is 36.4 Å². The second kappa shape index (κ2) is 4.76. The SMILES string of the molecule is N[C@@H](Cc1ccccc1)c1ccccc1. The number of hydrogen-bond donors (Lipinski definition) is 1. The van der Waals surface area contributed by atoms with E-state index in [4.69, 9.17) is 5.73 Å². The minimum absolute atomic E-state index is 0.0913. The highest BCUT2D eigenvalue weighted by atomic mass is 14.6. The van der Waals surface area contributed by atoms with E-state index in [-0.39, 0.29) is 6.04 Å². The molecule has 2 aromatic rings. The third-order valence-electron chi connectivity index (χ3n) is 2.53. The van der Waals surface area contributed by atoms with Gasteiger partial charge in [-0.3, -0.25) is 0 Å². The zero-order valence-electron chi connectivity index (χ0n) is 8.64. The molecule has 1 nitrogen and oxygen atoms in total. The van der Waals surface area contributed by atoms with Crippen LogP contribution in [0.5, 0.6) is 0 Å². The first-order valence-corrected chi connectivity index (χ1v) is 5.21. The van der Waals surface area contributed by atoms with Crippen LogP contribution in [0.3, 0.4) is 0 Å². The van der Waals surface area contributed by atoms with Gasteiger partial charge < -0.3 is 5.73 Å². The number of hydrogen-bond acceptors (Lipinski definition) is 1. The highest BCUT2D eigenvalue weighted by molar-refractivity contribution is 5.23. The minimum Gasteiger partial charge on any atom is -0.324 e. The first-order chi connectivity index (χ1) is 7.36. The molecule has 0 saturated heterocycles. The normalized spacial score (nSPS) is 12.3. The standard InChI is InChI=1S/C14H15N/c15-14(13-9-5-2-6-10-13)11-12-7-3-1-4-8-12/h1-10,14H,11,15H2/t14-/m0/s1. The average molecular weight is 197 g/mol. The maximum atomic E-state index is 6.13. The van der Waals surface area contributed by atoms with E-state index >= 15 is 0 Å². The summed E-state index contributed by atoms with van der Waals surface area (Å²) in [5.41, 5.74) is 8.61. The van der Waals surface area contributed by atoms with Crippen molar-refractivity contribution in [1.29, 1.82) is 0 Å². The summed E-state index contributed by atoms with van der Waals surface area (Å²) < 4.78 is 0. The van der Waals surface area contributed by atoms with Crippen molar-refractivity contribution in [1.82, 2.24) is 0 Å². The van der Waals surface area contributed by atoms with Crippen LogP contribution in [0.4, 0.5) is 0 Å². The summed E-state index contributed by atoms with van der Waals surface area (Å²) in [6, 6.07) is 20.7. The van der Waals surface area contributed by atoms with Crippen LogP contribution in [0.25, 0.3) is 0 Å². The van der Waals surface area contributed by atoms with E-state index in [9.17, 15) is 0 Å². The van der Waals surface area contributed by atoms with E-state index in [1.54, 1.807) is 0 Å². The van der Waals surface area contributed by atoms with Crippen LogP contribution in [0.15, 0.2) is 60.7 Å². The fourth-order valence-electron chi connectivity index (χ4n) is 1.69. The number of nitrogens with two attached hydrogens (primary N) is 1. The Balaban J connectivity index is 2.08. The molecule has 0 aliphatic heterocycles. The lowest BCUT2D eigenvalue weighted by Gasteiger charge is -2.11. The molecule has 76 valence electrons. The second-order valence-electron chi connectivity index (χ2n) is 3.71. The Bertz CT molecular complexity index is 394. The molecule has 1 atom stereocenters. The van der Waals surface area contributed by atoms with Crippen LogP contribution in [-0.4, -0.2) is 0 Å². The van der Waals surface area contributed by atoms with Gasteiger partial charge in [0.15, 0.2) is 0 Å². The number of rotatable bonds is 3. The molecular formula is C14H15N. The first kappa shape index (κ1) is 9.94. The lowest BCUT2D eigenvalue weighted by atomic mass is 10.00. The van der Waals surface area contributed by atoms with Crippen LogP contribution >= 0.6 is 0 Å². The van der Waals surface area contributed by atoms with Gasteiger partial charge >= 0.3 is 0 Å². The van der Waals surface area contributed by atoms with E-state index in [0.717, 1.165) is 6.42 Å². The van der Waals surface area contributed by atoms with Crippen LogP contribution in [0.1, 0.15) is 17.2 Å². The van der Waals surface area contributed by atoms with Crippen molar-refractivity contribution in [2.75, 3.05) is 0 Å². The van der Waals surface area contributed by atoms with Gasteiger partial charge in [-0.2, -0.15) is 0 Å². The van der Waals surface area contributed by atoms with Crippen molar-refractivity contribution < 1.29 is 0 Å². The maximum Gasteiger partial charge on any atom is 0.0335 e. The molecule has 15 heavy (non-hydrogen) atoms. The molecule has 0 saturated carbocycles. The highest BCUT2D eigenvalue weighted by Gasteiger charge is 2.05. The van der Waals surface area contributed by atoms with E-state index < -0.39 is 0 Å². The van der Waals surface area contributed by atoms with Crippen LogP contribution in [0, 0.1) is 0 Å². The molecule has 0 fully saturated rings. The molecule has 2 rings (SSSR count). The van der Waals surface area contributed by atoms with Crippen LogP contribution < -0.4 is 5.73 Å². The van der Waals surface area contributed by atoms with Crippen molar-refractivity contribution in [2.24, 2.45) is 5.73 Å². The molecule has 0 aliphatic rings. The third-order valence-corrected chi connectivity index (χ3v) is 2.53. The summed E-state index contributed by atoms with van der Waals surface area (Å²) in [5.74, 6) is 0. The summed E-state index contributed by atoms with van der Waals surface area (Å²) in [6.45, 7) is 0. The zero-order chi connectivity index (χ0) is 10.5. The monoisotopic (exact) mass is 197 g/mol. The lowest BCUT2D eigenvalue weighted by molar-refractivity contribution is 0.722. The molecular weight excluding hydrogens is 182 g/mol. The molecule has 0 spiro atoms. The van der Waals surface area contributed by atoms with Crippen molar-refractivity contribution in [3.63, 3.8) is 0 Å². The van der Waals surface area contributed by atoms with Gasteiger partial charge in [-0.05, 0) is 17.5 Å². The van der Waals surface area contributed by atoms with Gasteiger partial charge in [0.1, 0.15) is 0 Å². The molecule has 1 heteroatoms. The van der Waals surface area contributed by atoms with Gasteiger partial charge in [0.05, 0.1) is 0 Å². The van der Waals surface area contributed by atoms with Crippen molar-refractivity contribution in [3.8, 4) is 0 Å². The molecule has 0 unspecified atom stereocenters. The average Bonchev–Trinajstić information content (AvgIpc) is 2.31. The smallest absolute Gasteiger partial charge is 0.0335 e. The quantitative estimate of drug-likeness (QED) is 0.804. The maximum absolute atomic E-state index is 6.13. The molecule has 0 radical (unpaired) electrons. The fourth-order valence-corrected chi connectivity index (χ4v) is 1.69. The molecule has 0 heterocycles. The summed E-state index contributed by atoms with van der Waals surface area (Å²) in [7, 11) is 0. The van der Waals surface area contributed by atoms with Gasteiger partial charge in [-0.1, -0.05) is 60.7 Å². The van der Waals surface area contributed by atoms with E-state index in [1.165, 1.54) is 11.1 Å². The second-order valence-corrected chi connectivity index (χ2v) is 3.71. The summed E-state index contributed by atoms with van der Waals surface area (Å²) in [6.07, 6.45) is 0.894.